The molecule has 0 fully saturated rings. The van der Waals surface area contributed by atoms with E-state index in [1.807, 2.05) is 12.1 Å². The van der Waals surface area contributed by atoms with E-state index in [-0.39, 0.29) is 18.0 Å². The van der Waals surface area contributed by atoms with Crippen LogP contribution in [0.3, 0.4) is 0 Å². The van der Waals surface area contributed by atoms with E-state index in [0.717, 1.165) is 4.47 Å². The number of rotatable bonds is 3. The summed E-state index contributed by atoms with van der Waals surface area (Å²) >= 11 is 6.44. The number of nitrogens with one attached hydrogen (secondary N) is 1. The molecule has 0 saturated heterocycles. The number of carbonyl (C=O) groups is 1. The maximum atomic E-state index is 12.0. The number of nitrogens with zero attached hydrogens (tertiary/aromatic N) is 2. The van der Waals surface area contributed by atoms with Gasteiger partial charge in [-0.2, -0.15) is 0 Å². The van der Waals surface area contributed by atoms with Crippen molar-refractivity contribution in [1.82, 2.24) is 9.55 Å². The van der Waals surface area contributed by atoms with Crippen LogP contribution in [0.5, 0.6) is 0 Å². The molecule has 2 rings (SSSR count). The maximum absolute atomic E-state index is 12.0. The van der Waals surface area contributed by atoms with E-state index in [4.69, 9.17) is 0 Å². The van der Waals surface area contributed by atoms with Crippen molar-refractivity contribution in [1.29, 1.82) is 0 Å². The number of hydrogen-bond acceptors (Lipinski definition) is 3. The van der Waals surface area contributed by atoms with Crippen molar-refractivity contribution < 1.29 is 4.79 Å². The minimum absolute atomic E-state index is 0.0797. The van der Waals surface area contributed by atoms with E-state index >= 15 is 0 Å². The first-order valence-electron chi connectivity index (χ1n) is 5.75. The Morgan fingerprint density at radius 2 is 2.15 bits per heavy atom. The van der Waals surface area contributed by atoms with Gasteiger partial charge in [-0.1, -0.05) is 22.0 Å². The summed E-state index contributed by atoms with van der Waals surface area (Å²) in [6, 6.07) is 7.24. The number of halogens is 2. The lowest BCUT2D eigenvalue weighted by molar-refractivity contribution is -0.116. The summed E-state index contributed by atoms with van der Waals surface area (Å²) < 4.78 is 2.52. The maximum Gasteiger partial charge on any atom is 0.268 e. The molecule has 1 N–H and O–H groups in total. The molecule has 1 heterocycles. The van der Waals surface area contributed by atoms with Gasteiger partial charge in [0.05, 0.1) is 0 Å². The second-order valence-electron chi connectivity index (χ2n) is 4.10. The predicted octanol–water partition coefficient (Wildman–Crippen LogP) is 2.72. The average molecular weight is 401 g/mol. The molecule has 0 spiro atoms. The van der Waals surface area contributed by atoms with Gasteiger partial charge in [0.25, 0.3) is 5.56 Å². The van der Waals surface area contributed by atoms with Crippen molar-refractivity contribution in [3.05, 3.63) is 55.6 Å². The monoisotopic (exact) mass is 399 g/mol. The minimum Gasteiger partial charge on any atom is -0.324 e. The van der Waals surface area contributed by atoms with Crippen LogP contribution in [-0.2, 0) is 11.3 Å². The Kier molecular flexibility index (Phi) is 4.72. The second kappa shape index (κ2) is 6.32. The molecule has 0 atom stereocenters. The fourth-order valence-corrected chi connectivity index (χ4v) is 2.36. The van der Waals surface area contributed by atoms with Gasteiger partial charge < -0.3 is 5.32 Å². The number of anilines is 1. The summed E-state index contributed by atoms with van der Waals surface area (Å²) in [4.78, 5) is 27.9. The molecule has 0 aliphatic carbocycles. The van der Waals surface area contributed by atoms with Crippen molar-refractivity contribution in [2.24, 2.45) is 0 Å². The molecule has 104 valence electrons. The fourth-order valence-electron chi connectivity index (χ4n) is 1.65. The van der Waals surface area contributed by atoms with Crippen molar-refractivity contribution in [2.45, 2.75) is 13.5 Å². The van der Waals surface area contributed by atoms with Crippen LogP contribution in [0.4, 0.5) is 5.69 Å². The van der Waals surface area contributed by atoms with E-state index in [1.54, 1.807) is 19.1 Å². The number of aryl methyl sites for hydroxylation is 1. The van der Waals surface area contributed by atoms with E-state index in [0.29, 0.717) is 16.0 Å². The van der Waals surface area contributed by atoms with Gasteiger partial charge in [-0.3, -0.25) is 14.2 Å². The average Bonchev–Trinajstić information content (AvgIpc) is 2.39. The summed E-state index contributed by atoms with van der Waals surface area (Å²) in [5.74, 6) is 0.204. The van der Waals surface area contributed by atoms with Crippen LogP contribution in [0.15, 0.2) is 44.2 Å². The lowest BCUT2D eigenvalue weighted by Gasteiger charge is -2.10. The number of amides is 1. The smallest absolute Gasteiger partial charge is 0.268 e. The lowest BCUT2D eigenvalue weighted by atomic mass is 10.3. The SMILES string of the molecule is Cc1ncc(Br)c(=O)n1CC(=O)Nc1cccc(Br)c1. The van der Waals surface area contributed by atoms with Gasteiger partial charge in [0.2, 0.25) is 5.91 Å². The number of benzene rings is 1. The van der Waals surface area contributed by atoms with Gasteiger partial charge in [0.15, 0.2) is 0 Å². The Balaban J connectivity index is 2.17. The first kappa shape index (κ1) is 14.9. The highest BCUT2D eigenvalue weighted by atomic mass is 79.9. The Bertz CT molecular complexity index is 713. The van der Waals surface area contributed by atoms with Crippen LogP contribution in [0, 0.1) is 6.92 Å². The highest BCUT2D eigenvalue weighted by molar-refractivity contribution is 9.10. The number of aromatic nitrogens is 2. The van der Waals surface area contributed by atoms with E-state index < -0.39 is 0 Å². The fraction of sp³-hybridized carbons (Fsp3) is 0.154. The van der Waals surface area contributed by atoms with Crippen LogP contribution in [0.1, 0.15) is 5.82 Å². The van der Waals surface area contributed by atoms with Gasteiger partial charge in [-0.05, 0) is 41.1 Å². The van der Waals surface area contributed by atoms with Crippen LogP contribution >= 0.6 is 31.9 Å². The Morgan fingerprint density at radius 3 is 2.85 bits per heavy atom. The Morgan fingerprint density at radius 1 is 1.40 bits per heavy atom. The molecule has 2 aromatic rings. The van der Waals surface area contributed by atoms with Gasteiger partial charge in [-0.25, -0.2) is 4.98 Å². The third-order valence-electron chi connectivity index (χ3n) is 2.61. The molecular formula is C13H11Br2N3O2. The van der Waals surface area contributed by atoms with Crippen LogP contribution in [0.25, 0.3) is 0 Å². The molecule has 1 aromatic carbocycles. The zero-order valence-electron chi connectivity index (χ0n) is 10.6. The summed E-state index contributed by atoms with van der Waals surface area (Å²) in [5, 5.41) is 2.73. The first-order chi connectivity index (χ1) is 9.47. The van der Waals surface area contributed by atoms with Crippen molar-refractivity contribution >= 4 is 43.5 Å². The molecule has 1 aromatic heterocycles. The third kappa shape index (κ3) is 3.55. The second-order valence-corrected chi connectivity index (χ2v) is 5.87. The molecule has 0 aliphatic rings. The molecule has 0 unspecified atom stereocenters. The summed E-state index contributed by atoms with van der Waals surface area (Å²) in [5.41, 5.74) is 0.389. The molecular weight excluding hydrogens is 390 g/mol. The first-order valence-corrected chi connectivity index (χ1v) is 7.33. The highest BCUT2D eigenvalue weighted by Gasteiger charge is 2.10. The lowest BCUT2D eigenvalue weighted by Crippen LogP contribution is -2.30. The van der Waals surface area contributed by atoms with Crippen molar-refractivity contribution in [3.8, 4) is 0 Å². The summed E-state index contributed by atoms with van der Waals surface area (Å²) in [6.07, 6.45) is 1.43. The third-order valence-corrected chi connectivity index (χ3v) is 3.65. The predicted molar refractivity (Wildman–Crippen MR) is 83.7 cm³/mol. The number of carbonyl (C=O) groups excluding carboxylic acids is 1. The molecule has 7 heteroatoms. The molecule has 0 bridgehead atoms. The van der Waals surface area contributed by atoms with Crippen molar-refractivity contribution in [2.75, 3.05) is 5.32 Å². The quantitative estimate of drug-likeness (QED) is 0.861. The van der Waals surface area contributed by atoms with E-state index in [1.165, 1.54) is 10.8 Å². The van der Waals surface area contributed by atoms with Gasteiger partial charge in [-0.15, -0.1) is 0 Å². The Hall–Kier alpha value is -1.47. The molecule has 0 radical (unpaired) electrons. The standard InChI is InChI=1S/C13H11Br2N3O2/c1-8-16-6-11(15)13(20)18(8)7-12(19)17-10-4-2-3-9(14)5-10/h2-6H,7H2,1H3,(H,17,19). The largest absolute Gasteiger partial charge is 0.324 e. The highest BCUT2D eigenvalue weighted by Crippen LogP contribution is 2.15. The van der Waals surface area contributed by atoms with Crippen LogP contribution < -0.4 is 10.9 Å². The van der Waals surface area contributed by atoms with Crippen LogP contribution in [0.2, 0.25) is 0 Å². The Labute approximate surface area is 132 Å². The molecule has 5 nitrogen and oxygen atoms in total. The van der Waals surface area contributed by atoms with Gasteiger partial charge >= 0.3 is 0 Å². The molecule has 20 heavy (non-hydrogen) atoms. The minimum atomic E-state index is -0.284. The van der Waals surface area contributed by atoms with Gasteiger partial charge in [0, 0.05) is 16.4 Å². The molecule has 0 saturated carbocycles. The molecule has 1 amide bonds. The summed E-state index contributed by atoms with van der Waals surface area (Å²) in [6.45, 7) is 1.60. The zero-order valence-corrected chi connectivity index (χ0v) is 13.7. The van der Waals surface area contributed by atoms with Gasteiger partial charge in [0.1, 0.15) is 16.8 Å². The molecule has 0 aliphatic heterocycles. The topological polar surface area (TPSA) is 64.0 Å². The van der Waals surface area contributed by atoms with Crippen LogP contribution in [-0.4, -0.2) is 15.5 Å². The van der Waals surface area contributed by atoms with E-state index in [2.05, 4.69) is 42.2 Å². The zero-order chi connectivity index (χ0) is 14.7. The number of hydrogen-bond donors (Lipinski definition) is 1. The van der Waals surface area contributed by atoms with Crippen molar-refractivity contribution in [3.63, 3.8) is 0 Å². The normalized spacial score (nSPS) is 10.3. The van der Waals surface area contributed by atoms with E-state index in [9.17, 15) is 9.59 Å². The summed E-state index contributed by atoms with van der Waals surface area (Å²) in [7, 11) is 0.